The Kier molecular flexibility index (Phi) is 4.68. The van der Waals surface area contributed by atoms with Gasteiger partial charge in [-0.3, -0.25) is 9.80 Å². The third-order valence-corrected chi connectivity index (χ3v) is 15.1. The Bertz CT molecular complexity index is 1460. The van der Waals surface area contributed by atoms with Gasteiger partial charge in [0.25, 0.3) is 0 Å². The topological polar surface area (TPSA) is 45.4 Å². The van der Waals surface area contributed by atoms with Crippen LogP contribution >= 0.6 is 0 Å². The lowest BCUT2D eigenvalue weighted by atomic mass is 10.2. The van der Waals surface area contributed by atoms with E-state index in [9.17, 15) is 0 Å². The van der Waals surface area contributed by atoms with Crippen LogP contribution in [0.25, 0.3) is 0 Å². The first-order valence-electron chi connectivity index (χ1n) is 12.7. The number of hydrogen-bond donors (Lipinski definition) is 0. The first-order chi connectivity index (χ1) is 17.9. The van der Waals surface area contributed by atoms with Crippen molar-refractivity contribution in [2.45, 2.75) is 26.2 Å². The van der Waals surface area contributed by atoms with E-state index in [1.165, 1.54) is 20.7 Å². The maximum absolute atomic E-state index is 6.59. The average Bonchev–Trinajstić information content (AvgIpc) is 3.38. The van der Waals surface area contributed by atoms with Crippen LogP contribution < -0.4 is 30.5 Å². The summed E-state index contributed by atoms with van der Waals surface area (Å²) in [4.78, 5) is 4.28. The third-order valence-electron chi connectivity index (χ3n) is 8.06. The van der Waals surface area contributed by atoms with Crippen molar-refractivity contribution in [3.05, 3.63) is 97.1 Å². The number of anilines is 6. The molecule has 0 atom stereocenters. The van der Waals surface area contributed by atoms with E-state index in [2.05, 4.69) is 143 Å². The first kappa shape index (κ1) is 22.3. The predicted molar refractivity (Wildman–Crippen MR) is 157 cm³/mol. The molecule has 0 amide bonds. The highest BCUT2D eigenvalue weighted by Crippen LogP contribution is 2.41. The minimum Gasteiger partial charge on any atom is -0.388 e. The van der Waals surface area contributed by atoms with E-state index >= 15 is 0 Å². The summed E-state index contributed by atoms with van der Waals surface area (Å²) in [6.07, 6.45) is 0. The number of benzene rings is 4. The zero-order chi connectivity index (χ0) is 25.4. The Balaban J connectivity index is 1.42. The van der Waals surface area contributed by atoms with Gasteiger partial charge in [0, 0.05) is 0 Å². The summed E-state index contributed by atoms with van der Waals surface area (Å²) >= 11 is 0. The predicted octanol–water partition coefficient (Wildman–Crippen LogP) is 5.28. The Hall–Kier alpha value is -3.95. The van der Waals surface area contributed by atoms with Crippen molar-refractivity contribution >= 4 is 71.7 Å². The molecule has 7 rings (SSSR count). The van der Waals surface area contributed by atoms with E-state index < -0.39 is 16.1 Å². The lowest BCUT2D eigenvalue weighted by Gasteiger charge is -2.39. The van der Waals surface area contributed by atoms with Crippen molar-refractivity contribution in [1.29, 1.82) is 0 Å². The van der Waals surface area contributed by atoms with Gasteiger partial charge in [-0.25, -0.2) is 0 Å². The summed E-state index contributed by atoms with van der Waals surface area (Å²) < 4.78 is 6.59. The first-order valence-corrected chi connectivity index (χ1v) is 18.7. The van der Waals surface area contributed by atoms with Gasteiger partial charge in [-0.2, -0.15) is 0 Å². The fraction of sp³-hybridized carbons (Fsp3) is 0.133. The van der Waals surface area contributed by atoms with E-state index in [0.717, 1.165) is 22.7 Å². The van der Waals surface area contributed by atoms with Crippen LogP contribution in [0, 0.1) is 0 Å². The molecule has 0 saturated carbocycles. The summed E-state index contributed by atoms with van der Waals surface area (Å²) in [7, 11) is -3.76. The molecule has 0 saturated heterocycles. The maximum Gasteiger partial charge on any atom is 0.328 e. The third kappa shape index (κ3) is 3.07. The monoisotopic (exact) mass is 516 g/mol. The molecular formula is C30H28N4OSi2. The smallest absolute Gasteiger partial charge is 0.328 e. The zero-order valence-corrected chi connectivity index (χ0v) is 23.4. The van der Waals surface area contributed by atoms with Gasteiger partial charge in [-0.05, 0) is 45.0 Å². The average molecular weight is 517 g/mol. The van der Waals surface area contributed by atoms with E-state index in [4.69, 9.17) is 4.42 Å². The van der Waals surface area contributed by atoms with Crippen molar-refractivity contribution < 1.29 is 4.42 Å². The van der Waals surface area contributed by atoms with Crippen molar-refractivity contribution in [1.82, 2.24) is 10.2 Å². The van der Waals surface area contributed by atoms with Crippen molar-refractivity contribution in [3.8, 4) is 0 Å². The minimum absolute atomic E-state index is 0.483. The Labute approximate surface area is 219 Å². The summed E-state index contributed by atoms with van der Waals surface area (Å²) in [5.41, 5.74) is 4.50. The van der Waals surface area contributed by atoms with Crippen LogP contribution in [0.2, 0.25) is 26.2 Å². The van der Waals surface area contributed by atoms with Crippen LogP contribution in [-0.2, 0) is 0 Å². The Morgan fingerprint density at radius 2 is 0.730 bits per heavy atom. The molecule has 5 aromatic rings. The molecule has 0 spiro atoms. The zero-order valence-electron chi connectivity index (χ0n) is 21.4. The molecule has 2 aliphatic rings. The molecule has 0 unspecified atom stereocenters. The van der Waals surface area contributed by atoms with E-state index in [1.807, 2.05) is 0 Å². The molecule has 2 aliphatic heterocycles. The molecule has 5 nitrogen and oxygen atoms in total. The molecule has 0 radical (unpaired) electrons. The van der Waals surface area contributed by atoms with Crippen molar-refractivity contribution in [2.24, 2.45) is 0 Å². The molecule has 37 heavy (non-hydrogen) atoms. The molecule has 182 valence electrons. The van der Waals surface area contributed by atoms with Crippen molar-refractivity contribution in [3.63, 3.8) is 0 Å². The van der Waals surface area contributed by atoms with Crippen molar-refractivity contribution in [2.75, 3.05) is 9.80 Å². The lowest BCUT2D eigenvalue weighted by molar-refractivity contribution is 0.567. The summed E-state index contributed by atoms with van der Waals surface area (Å²) in [6, 6.07) is 35.5. The lowest BCUT2D eigenvalue weighted by Crippen LogP contribution is -2.58. The number of fused-ring (bicyclic) bond motifs is 4. The second-order valence-corrected chi connectivity index (χ2v) is 19.5. The highest BCUT2D eigenvalue weighted by molar-refractivity contribution is 7.03. The standard InChI is InChI=1S/C30H28N4OSi2/c1-36(2)25-17-9-5-13-21(25)33(22-14-6-10-18-26(22)36)29-31-32-30(35-29)34-23-15-7-11-19-27(23)37(3,4)28-20-12-8-16-24(28)34/h5-20H,1-4H3. The van der Waals surface area contributed by atoms with Crippen LogP contribution in [-0.4, -0.2) is 26.3 Å². The quantitative estimate of drug-likeness (QED) is 0.299. The van der Waals surface area contributed by atoms with Crippen LogP contribution in [0.1, 0.15) is 0 Å². The molecule has 0 N–H and O–H groups in total. The molecular weight excluding hydrogens is 489 g/mol. The van der Waals surface area contributed by atoms with Crippen LogP contribution in [0.4, 0.5) is 34.8 Å². The molecule has 1 aromatic heterocycles. The van der Waals surface area contributed by atoms with Gasteiger partial charge in [0.1, 0.15) is 16.1 Å². The van der Waals surface area contributed by atoms with E-state index in [1.54, 1.807) is 0 Å². The number of rotatable bonds is 2. The fourth-order valence-electron chi connectivity index (χ4n) is 6.14. The molecule has 3 heterocycles. The van der Waals surface area contributed by atoms with Gasteiger partial charge in [0.2, 0.25) is 0 Å². The van der Waals surface area contributed by atoms with Gasteiger partial charge in [-0.15, -0.1) is 0 Å². The van der Waals surface area contributed by atoms with Gasteiger partial charge >= 0.3 is 12.0 Å². The molecule has 0 aliphatic carbocycles. The molecule has 4 aromatic carbocycles. The molecule has 7 heteroatoms. The second-order valence-electron chi connectivity index (χ2n) is 10.9. The van der Waals surface area contributed by atoms with Crippen LogP contribution in [0.3, 0.4) is 0 Å². The van der Waals surface area contributed by atoms with Crippen LogP contribution in [0.15, 0.2) is 101 Å². The molecule has 0 fully saturated rings. The summed E-state index contributed by atoms with van der Waals surface area (Å²) in [5, 5.41) is 14.8. The number of aromatic nitrogens is 2. The number of para-hydroxylation sites is 4. The normalized spacial score (nSPS) is 16.4. The highest BCUT2D eigenvalue weighted by Gasteiger charge is 2.42. The SMILES string of the molecule is C[Si]1(C)c2ccccc2N(c2nnc(N3c4ccccc4[Si](C)(C)c4ccccc43)o2)c2ccccc21. The summed E-state index contributed by atoms with van der Waals surface area (Å²) in [5.74, 6) is 0. The van der Waals surface area contributed by atoms with E-state index in [0.29, 0.717) is 12.0 Å². The Morgan fingerprint density at radius 1 is 0.459 bits per heavy atom. The van der Waals surface area contributed by atoms with Crippen LogP contribution in [0.5, 0.6) is 0 Å². The van der Waals surface area contributed by atoms with Gasteiger partial charge in [0.05, 0.1) is 22.7 Å². The fourth-order valence-corrected chi connectivity index (χ4v) is 12.1. The summed E-state index contributed by atoms with van der Waals surface area (Å²) in [6.45, 7) is 9.64. The maximum atomic E-state index is 6.59. The minimum atomic E-state index is -1.88. The van der Waals surface area contributed by atoms with Gasteiger partial charge in [0.15, 0.2) is 0 Å². The Morgan fingerprint density at radius 3 is 1.03 bits per heavy atom. The largest absolute Gasteiger partial charge is 0.388 e. The number of hydrogen-bond acceptors (Lipinski definition) is 5. The van der Waals surface area contributed by atoms with Gasteiger partial charge in [-0.1, -0.05) is 109 Å². The number of nitrogens with zero attached hydrogens (tertiary/aromatic N) is 4. The second kappa shape index (κ2) is 7.77. The van der Waals surface area contributed by atoms with Gasteiger partial charge < -0.3 is 4.42 Å². The molecule has 0 bridgehead atoms. The highest BCUT2D eigenvalue weighted by atomic mass is 28.3. The van der Waals surface area contributed by atoms with E-state index in [-0.39, 0.29) is 0 Å².